The Labute approximate surface area is 114 Å². The van der Waals surface area contributed by atoms with Crippen LogP contribution in [0.2, 0.25) is 5.02 Å². The Balaban J connectivity index is 2.38. The summed E-state index contributed by atoms with van der Waals surface area (Å²) in [5.41, 5.74) is 5.47. The monoisotopic (exact) mass is 301 g/mol. The smallest absolute Gasteiger partial charge is 0.262 e. The number of nitrogens with zero attached hydrogens (tertiary/aromatic N) is 1. The fourth-order valence-electron chi connectivity index (χ4n) is 1.35. The minimum absolute atomic E-state index is 0.106. The number of anilines is 2. The second-order valence-electron chi connectivity index (χ2n) is 3.64. The largest absolute Gasteiger partial charge is 0.397 e. The molecular weight excluding hydrogens is 293 g/mol. The Morgan fingerprint density at radius 1 is 1.32 bits per heavy atom. The summed E-state index contributed by atoms with van der Waals surface area (Å²) in [7, 11) is -3.93. The molecule has 2 rings (SSSR count). The Hall–Kier alpha value is -1.86. The summed E-state index contributed by atoms with van der Waals surface area (Å²) < 4.78 is 39.5. The molecule has 0 spiro atoms. The van der Waals surface area contributed by atoms with Crippen molar-refractivity contribution in [3.8, 4) is 0 Å². The summed E-state index contributed by atoms with van der Waals surface area (Å²) in [6.07, 6.45) is 2.19. The van der Waals surface area contributed by atoms with Crippen molar-refractivity contribution in [1.82, 2.24) is 4.98 Å². The van der Waals surface area contributed by atoms with Crippen molar-refractivity contribution in [2.45, 2.75) is 4.90 Å². The van der Waals surface area contributed by atoms with Crippen LogP contribution in [0.25, 0.3) is 0 Å². The minimum atomic E-state index is -3.93. The van der Waals surface area contributed by atoms with E-state index in [4.69, 9.17) is 17.3 Å². The molecule has 19 heavy (non-hydrogen) atoms. The summed E-state index contributed by atoms with van der Waals surface area (Å²) in [4.78, 5) is 3.42. The molecule has 0 fully saturated rings. The van der Waals surface area contributed by atoms with Crippen LogP contribution in [0.3, 0.4) is 0 Å². The molecule has 2 aromatic rings. The molecule has 1 aromatic heterocycles. The molecule has 0 aliphatic rings. The van der Waals surface area contributed by atoms with Gasteiger partial charge in [-0.25, -0.2) is 12.8 Å². The van der Waals surface area contributed by atoms with Gasteiger partial charge in [0.2, 0.25) is 0 Å². The summed E-state index contributed by atoms with van der Waals surface area (Å²) in [5, 5.41) is 0.244. The lowest BCUT2D eigenvalue weighted by Gasteiger charge is -2.09. The predicted octanol–water partition coefficient (Wildman–Crippen LogP) is 2.26. The second kappa shape index (κ2) is 5.02. The second-order valence-corrected chi connectivity index (χ2v) is 5.73. The molecule has 0 saturated carbocycles. The van der Waals surface area contributed by atoms with Crippen molar-refractivity contribution < 1.29 is 12.8 Å². The number of hydrogen-bond donors (Lipinski definition) is 2. The van der Waals surface area contributed by atoms with Gasteiger partial charge in [0.25, 0.3) is 10.0 Å². The summed E-state index contributed by atoms with van der Waals surface area (Å²) >= 11 is 5.71. The lowest BCUT2D eigenvalue weighted by atomic mass is 10.3. The van der Waals surface area contributed by atoms with Gasteiger partial charge in [-0.15, -0.1) is 0 Å². The Kier molecular flexibility index (Phi) is 3.59. The molecular formula is C11H9ClFN3O2S. The van der Waals surface area contributed by atoms with Crippen LogP contribution in [0.4, 0.5) is 15.8 Å². The highest BCUT2D eigenvalue weighted by Gasteiger charge is 2.17. The number of nitrogens with one attached hydrogen (secondary N) is 1. The van der Waals surface area contributed by atoms with E-state index in [1.54, 1.807) is 0 Å². The van der Waals surface area contributed by atoms with Gasteiger partial charge in [0.05, 0.1) is 27.5 Å². The number of halogens is 2. The Bertz CT molecular complexity index is 722. The van der Waals surface area contributed by atoms with Crippen molar-refractivity contribution in [3.05, 3.63) is 47.5 Å². The third-order valence-corrected chi connectivity index (χ3v) is 4.00. The Morgan fingerprint density at radius 3 is 2.68 bits per heavy atom. The zero-order chi connectivity index (χ0) is 14.0. The zero-order valence-corrected chi connectivity index (χ0v) is 11.0. The van der Waals surface area contributed by atoms with E-state index < -0.39 is 15.8 Å². The molecule has 8 heteroatoms. The average molecular weight is 302 g/mol. The zero-order valence-electron chi connectivity index (χ0n) is 9.47. The van der Waals surface area contributed by atoms with Gasteiger partial charge in [-0.05, 0) is 24.3 Å². The molecule has 0 unspecified atom stereocenters. The SMILES string of the molecule is Nc1cc(S(=O)(=O)Nc2ccncc2F)ccc1Cl. The predicted molar refractivity (Wildman–Crippen MR) is 70.9 cm³/mol. The Morgan fingerprint density at radius 2 is 2.05 bits per heavy atom. The van der Waals surface area contributed by atoms with E-state index in [9.17, 15) is 12.8 Å². The van der Waals surface area contributed by atoms with E-state index in [0.717, 1.165) is 6.20 Å². The molecule has 0 aliphatic carbocycles. The number of rotatable bonds is 3. The van der Waals surface area contributed by atoms with Crippen molar-refractivity contribution in [2.24, 2.45) is 0 Å². The lowest BCUT2D eigenvalue weighted by molar-refractivity contribution is 0.598. The summed E-state index contributed by atoms with van der Waals surface area (Å²) in [5.74, 6) is -0.770. The number of hydrogen-bond acceptors (Lipinski definition) is 4. The molecule has 0 atom stereocenters. The maximum Gasteiger partial charge on any atom is 0.262 e. The molecule has 1 aromatic carbocycles. The first-order valence-electron chi connectivity index (χ1n) is 5.07. The number of aromatic nitrogens is 1. The van der Waals surface area contributed by atoms with Crippen LogP contribution in [0.1, 0.15) is 0 Å². The number of sulfonamides is 1. The molecule has 0 saturated heterocycles. The van der Waals surface area contributed by atoms with Crippen molar-refractivity contribution in [3.63, 3.8) is 0 Å². The van der Waals surface area contributed by atoms with Crippen LogP contribution in [0, 0.1) is 5.82 Å². The molecule has 5 nitrogen and oxygen atoms in total. The minimum Gasteiger partial charge on any atom is -0.397 e. The summed E-state index contributed by atoms with van der Waals surface area (Å²) in [6, 6.07) is 5.05. The van der Waals surface area contributed by atoms with Crippen molar-refractivity contribution >= 4 is 33.0 Å². The van der Waals surface area contributed by atoms with Crippen molar-refractivity contribution in [1.29, 1.82) is 0 Å². The third kappa shape index (κ3) is 2.94. The lowest BCUT2D eigenvalue weighted by Crippen LogP contribution is -2.14. The van der Waals surface area contributed by atoms with E-state index in [0.29, 0.717) is 0 Å². The fraction of sp³-hybridized carbons (Fsp3) is 0. The van der Waals surface area contributed by atoms with Gasteiger partial charge in [-0.1, -0.05) is 11.6 Å². The van der Waals surface area contributed by atoms with Crippen LogP contribution in [-0.4, -0.2) is 13.4 Å². The van der Waals surface area contributed by atoms with Gasteiger partial charge in [0.1, 0.15) is 0 Å². The average Bonchev–Trinajstić information content (AvgIpc) is 2.35. The van der Waals surface area contributed by atoms with Gasteiger partial charge < -0.3 is 5.73 Å². The molecule has 100 valence electrons. The third-order valence-electron chi connectivity index (χ3n) is 2.29. The summed E-state index contributed by atoms with van der Waals surface area (Å²) in [6.45, 7) is 0. The first-order valence-corrected chi connectivity index (χ1v) is 6.93. The van der Waals surface area contributed by atoms with Gasteiger partial charge in [-0.2, -0.15) is 0 Å². The van der Waals surface area contributed by atoms with Crippen molar-refractivity contribution in [2.75, 3.05) is 10.5 Å². The molecule has 0 bridgehead atoms. The topological polar surface area (TPSA) is 85.1 Å². The number of pyridine rings is 1. The highest BCUT2D eigenvalue weighted by atomic mass is 35.5. The standard InChI is InChI=1S/C11H9ClFN3O2S/c12-8-2-1-7(5-10(8)14)19(17,18)16-11-3-4-15-6-9(11)13/h1-6H,14H2,(H,15,16). The van der Waals surface area contributed by atoms with E-state index >= 15 is 0 Å². The van der Waals surface area contributed by atoms with E-state index in [-0.39, 0.29) is 21.3 Å². The first kappa shape index (κ1) is 13.6. The molecule has 0 radical (unpaired) electrons. The normalized spacial score (nSPS) is 11.3. The highest BCUT2D eigenvalue weighted by Crippen LogP contribution is 2.24. The van der Waals surface area contributed by atoms with Crippen LogP contribution in [-0.2, 0) is 10.0 Å². The van der Waals surface area contributed by atoms with Crippen LogP contribution in [0.15, 0.2) is 41.6 Å². The molecule has 0 aliphatic heterocycles. The number of nitrogen functional groups attached to an aromatic ring is 1. The first-order chi connectivity index (χ1) is 8.90. The molecule has 3 N–H and O–H groups in total. The van der Waals surface area contributed by atoms with E-state index in [1.807, 2.05) is 0 Å². The molecule has 1 heterocycles. The molecule has 0 amide bonds. The maximum absolute atomic E-state index is 13.3. The highest BCUT2D eigenvalue weighted by molar-refractivity contribution is 7.92. The number of nitrogens with two attached hydrogens (primary N) is 1. The van der Waals surface area contributed by atoms with Crippen LogP contribution >= 0.6 is 11.6 Å². The quantitative estimate of drug-likeness (QED) is 0.852. The van der Waals surface area contributed by atoms with E-state index in [2.05, 4.69) is 9.71 Å². The van der Waals surface area contributed by atoms with Gasteiger partial charge in [0, 0.05) is 6.20 Å². The fourth-order valence-corrected chi connectivity index (χ4v) is 2.57. The van der Waals surface area contributed by atoms with Gasteiger partial charge in [0.15, 0.2) is 5.82 Å². The van der Waals surface area contributed by atoms with Gasteiger partial charge in [-0.3, -0.25) is 9.71 Å². The van der Waals surface area contributed by atoms with E-state index in [1.165, 1.54) is 30.5 Å². The van der Waals surface area contributed by atoms with Crippen LogP contribution in [0.5, 0.6) is 0 Å². The maximum atomic E-state index is 13.3. The number of benzene rings is 1. The van der Waals surface area contributed by atoms with Crippen LogP contribution < -0.4 is 10.5 Å². The van der Waals surface area contributed by atoms with Gasteiger partial charge >= 0.3 is 0 Å².